The predicted octanol–water partition coefficient (Wildman–Crippen LogP) is 2.36. The Bertz CT molecular complexity index is 578. The third-order valence-electron chi connectivity index (χ3n) is 3.81. The van der Waals surface area contributed by atoms with Crippen LogP contribution in [-0.2, 0) is 9.53 Å². The van der Waals surface area contributed by atoms with Gasteiger partial charge in [-0.3, -0.25) is 9.78 Å². The number of carbonyl (C=O) groups excluding carboxylic acids is 2. The van der Waals surface area contributed by atoms with Crippen molar-refractivity contribution in [2.24, 2.45) is 0 Å². The predicted molar refractivity (Wildman–Crippen MR) is 93.3 cm³/mol. The topological polar surface area (TPSA) is 80.8 Å². The molecule has 1 aliphatic heterocycles. The van der Waals surface area contributed by atoms with E-state index in [4.69, 9.17) is 9.47 Å². The lowest BCUT2D eigenvalue weighted by atomic mass is 10.1. The number of hydrogen-bond donors (Lipinski definition) is 1. The minimum atomic E-state index is -0.618. The molecule has 0 spiro atoms. The Kier molecular flexibility index (Phi) is 6.22. The highest BCUT2D eigenvalue weighted by Gasteiger charge is 2.28. The van der Waals surface area contributed by atoms with Crippen molar-refractivity contribution in [3.8, 4) is 5.75 Å². The molecular weight excluding hydrogens is 322 g/mol. The molecule has 1 fully saturated rings. The fraction of sp³-hybridized carbons (Fsp3) is 0.611. The summed E-state index contributed by atoms with van der Waals surface area (Å²) in [6.45, 7) is 8.24. The first-order valence-corrected chi connectivity index (χ1v) is 8.59. The van der Waals surface area contributed by atoms with Crippen molar-refractivity contribution in [2.45, 2.75) is 58.3 Å². The number of pyridine rings is 1. The van der Waals surface area contributed by atoms with Gasteiger partial charge in [-0.1, -0.05) is 0 Å². The molecule has 2 rings (SSSR count). The monoisotopic (exact) mass is 349 g/mol. The van der Waals surface area contributed by atoms with Gasteiger partial charge in [-0.05, 0) is 39.8 Å². The number of ether oxygens (including phenoxy) is 2. The standard InChI is InChI=1S/C18H27N3O4/c1-13(20-17(23)25-18(2,3)4)16(22)21-11-7-15(8-12-21)24-14-5-9-19-10-6-14/h5-6,9-10,13,15H,7-8,11-12H2,1-4H3,(H,20,23). The van der Waals surface area contributed by atoms with Crippen molar-refractivity contribution in [1.29, 1.82) is 0 Å². The average molecular weight is 349 g/mol. The smallest absolute Gasteiger partial charge is 0.408 e. The third-order valence-corrected chi connectivity index (χ3v) is 3.81. The zero-order valence-corrected chi connectivity index (χ0v) is 15.3. The van der Waals surface area contributed by atoms with Crippen LogP contribution < -0.4 is 10.1 Å². The van der Waals surface area contributed by atoms with E-state index in [0.717, 1.165) is 18.6 Å². The SMILES string of the molecule is CC(NC(=O)OC(C)(C)C)C(=O)N1CCC(Oc2ccncc2)CC1. The molecule has 7 nitrogen and oxygen atoms in total. The fourth-order valence-corrected chi connectivity index (χ4v) is 2.62. The highest BCUT2D eigenvalue weighted by Crippen LogP contribution is 2.18. The second-order valence-electron chi connectivity index (χ2n) is 7.19. The summed E-state index contributed by atoms with van der Waals surface area (Å²) in [5.74, 6) is 0.688. The van der Waals surface area contributed by atoms with Crippen molar-refractivity contribution in [3.05, 3.63) is 24.5 Å². The summed E-state index contributed by atoms with van der Waals surface area (Å²) < 4.78 is 11.1. The maximum atomic E-state index is 12.5. The quantitative estimate of drug-likeness (QED) is 0.902. The van der Waals surface area contributed by atoms with Gasteiger partial charge in [0.2, 0.25) is 5.91 Å². The first-order valence-electron chi connectivity index (χ1n) is 8.59. The van der Waals surface area contributed by atoms with Crippen LogP contribution >= 0.6 is 0 Å². The van der Waals surface area contributed by atoms with E-state index in [9.17, 15) is 9.59 Å². The van der Waals surface area contributed by atoms with E-state index in [-0.39, 0.29) is 12.0 Å². The van der Waals surface area contributed by atoms with Crippen LogP contribution in [0.1, 0.15) is 40.5 Å². The normalized spacial score (nSPS) is 16.9. The van der Waals surface area contributed by atoms with Crippen molar-refractivity contribution in [1.82, 2.24) is 15.2 Å². The van der Waals surface area contributed by atoms with Gasteiger partial charge in [-0.2, -0.15) is 0 Å². The van der Waals surface area contributed by atoms with Crippen LogP contribution in [0.5, 0.6) is 5.75 Å². The Hall–Kier alpha value is -2.31. The van der Waals surface area contributed by atoms with Gasteiger partial charge in [-0.15, -0.1) is 0 Å². The van der Waals surface area contributed by atoms with Gasteiger partial charge >= 0.3 is 6.09 Å². The molecule has 1 aromatic heterocycles. The number of hydrogen-bond acceptors (Lipinski definition) is 5. The zero-order valence-electron chi connectivity index (χ0n) is 15.3. The van der Waals surface area contributed by atoms with Gasteiger partial charge in [0.15, 0.2) is 0 Å². The summed E-state index contributed by atoms with van der Waals surface area (Å²) in [4.78, 5) is 30.0. The van der Waals surface area contributed by atoms with Gasteiger partial charge in [0.05, 0.1) is 0 Å². The number of alkyl carbamates (subject to hydrolysis) is 1. The minimum Gasteiger partial charge on any atom is -0.490 e. The molecule has 7 heteroatoms. The number of aromatic nitrogens is 1. The number of nitrogens with one attached hydrogen (secondary N) is 1. The lowest BCUT2D eigenvalue weighted by Crippen LogP contribution is -2.51. The Morgan fingerprint density at radius 2 is 1.84 bits per heavy atom. The molecule has 0 aromatic carbocycles. The molecule has 1 aliphatic rings. The molecule has 0 bridgehead atoms. The molecule has 1 atom stereocenters. The average Bonchev–Trinajstić information content (AvgIpc) is 2.54. The summed E-state index contributed by atoms with van der Waals surface area (Å²) in [6, 6.07) is 3.03. The maximum absolute atomic E-state index is 12.5. The van der Waals surface area contributed by atoms with Gasteiger partial charge < -0.3 is 19.7 Å². The van der Waals surface area contributed by atoms with E-state index in [1.54, 1.807) is 45.0 Å². The van der Waals surface area contributed by atoms with E-state index in [0.29, 0.717) is 13.1 Å². The van der Waals surface area contributed by atoms with Crippen LogP contribution in [-0.4, -0.2) is 52.7 Å². The lowest BCUT2D eigenvalue weighted by molar-refractivity contribution is -0.134. The van der Waals surface area contributed by atoms with Crippen molar-refractivity contribution >= 4 is 12.0 Å². The number of amides is 2. The van der Waals surface area contributed by atoms with Crippen LogP contribution in [0.3, 0.4) is 0 Å². The van der Waals surface area contributed by atoms with Gasteiger partial charge in [0, 0.05) is 38.3 Å². The minimum absolute atomic E-state index is 0.0839. The van der Waals surface area contributed by atoms with Crippen LogP contribution in [0, 0.1) is 0 Å². The summed E-state index contributed by atoms with van der Waals surface area (Å²) >= 11 is 0. The summed E-state index contributed by atoms with van der Waals surface area (Å²) in [5.41, 5.74) is -0.588. The number of likely N-dealkylation sites (tertiary alicyclic amines) is 1. The highest BCUT2D eigenvalue weighted by atomic mass is 16.6. The van der Waals surface area contributed by atoms with E-state index >= 15 is 0 Å². The largest absolute Gasteiger partial charge is 0.490 e. The van der Waals surface area contributed by atoms with Crippen molar-refractivity contribution < 1.29 is 19.1 Å². The van der Waals surface area contributed by atoms with Crippen molar-refractivity contribution in [3.63, 3.8) is 0 Å². The van der Waals surface area contributed by atoms with Crippen LogP contribution in [0.2, 0.25) is 0 Å². The van der Waals surface area contributed by atoms with Crippen LogP contribution in [0.25, 0.3) is 0 Å². The zero-order chi connectivity index (χ0) is 18.4. The van der Waals surface area contributed by atoms with E-state index in [1.165, 1.54) is 0 Å². The molecule has 0 saturated carbocycles. The summed E-state index contributed by atoms with van der Waals surface area (Å²) in [5, 5.41) is 2.59. The molecule has 1 N–H and O–H groups in total. The Morgan fingerprint density at radius 3 is 2.40 bits per heavy atom. The van der Waals surface area contributed by atoms with E-state index in [1.807, 2.05) is 12.1 Å². The molecule has 1 unspecified atom stereocenters. The lowest BCUT2D eigenvalue weighted by Gasteiger charge is -2.34. The second kappa shape index (κ2) is 8.18. The molecule has 25 heavy (non-hydrogen) atoms. The third kappa shape index (κ3) is 6.25. The molecule has 0 radical (unpaired) electrons. The van der Waals surface area contributed by atoms with Gasteiger partial charge in [0.1, 0.15) is 23.5 Å². The number of carbonyl (C=O) groups is 2. The maximum Gasteiger partial charge on any atom is 0.408 e. The second-order valence-corrected chi connectivity index (χ2v) is 7.19. The van der Waals surface area contributed by atoms with Crippen LogP contribution in [0.4, 0.5) is 4.79 Å². The van der Waals surface area contributed by atoms with Crippen molar-refractivity contribution in [2.75, 3.05) is 13.1 Å². The number of rotatable bonds is 4. The first kappa shape index (κ1) is 19.0. The molecular formula is C18H27N3O4. The Balaban J connectivity index is 1.77. The van der Waals surface area contributed by atoms with Gasteiger partial charge in [-0.25, -0.2) is 4.79 Å². The van der Waals surface area contributed by atoms with Crippen LogP contribution in [0.15, 0.2) is 24.5 Å². The Labute approximate surface area is 148 Å². The van der Waals surface area contributed by atoms with Gasteiger partial charge in [0.25, 0.3) is 0 Å². The molecule has 1 saturated heterocycles. The molecule has 2 amide bonds. The fourth-order valence-electron chi connectivity index (χ4n) is 2.62. The summed E-state index contributed by atoms with van der Waals surface area (Å²) in [7, 11) is 0. The number of nitrogens with zero attached hydrogens (tertiary/aromatic N) is 2. The van der Waals surface area contributed by atoms with E-state index in [2.05, 4.69) is 10.3 Å². The summed E-state index contributed by atoms with van der Waals surface area (Å²) in [6.07, 6.45) is 4.40. The molecule has 2 heterocycles. The molecule has 138 valence electrons. The molecule has 1 aromatic rings. The Morgan fingerprint density at radius 1 is 1.24 bits per heavy atom. The first-order chi connectivity index (χ1) is 11.7. The molecule has 0 aliphatic carbocycles. The van der Waals surface area contributed by atoms with E-state index < -0.39 is 17.7 Å². The number of piperidine rings is 1. The highest BCUT2D eigenvalue weighted by molar-refractivity contribution is 5.85.